The molecule has 262 valence electrons. The first-order valence-corrected chi connectivity index (χ1v) is 19.1. The fourth-order valence-corrected chi connectivity index (χ4v) is 7.99. The molecule has 0 heterocycles. The van der Waals surface area contributed by atoms with Crippen molar-refractivity contribution >= 4 is 61.7 Å². The molecule has 8 aromatic carbocycles. The summed E-state index contributed by atoms with van der Waals surface area (Å²) >= 11 is 0. The first-order valence-electron chi connectivity index (χ1n) is 19.1. The Morgan fingerprint density at radius 1 is 0.389 bits per heavy atom. The van der Waals surface area contributed by atoms with Gasteiger partial charge in [0.05, 0.1) is 11.4 Å². The van der Waals surface area contributed by atoms with Crippen LogP contribution >= 0.6 is 0 Å². The van der Waals surface area contributed by atoms with Gasteiger partial charge in [0.2, 0.25) is 0 Å². The molecule has 0 aliphatic heterocycles. The van der Waals surface area contributed by atoms with Crippen molar-refractivity contribution in [2.24, 2.45) is 0 Å². The predicted octanol–water partition coefficient (Wildman–Crippen LogP) is 14.8. The fraction of sp³-hybridized carbons (Fsp3) is 0.115. The number of nitrogens with zero attached hydrogens (tertiary/aromatic N) is 2. The van der Waals surface area contributed by atoms with Crippen LogP contribution in [0.3, 0.4) is 0 Å². The number of rotatable bonds is 7. The van der Waals surface area contributed by atoms with E-state index in [0.717, 1.165) is 35.6 Å². The molecule has 0 fully saturated rings. The second kappa shape index (κ2) is 13.9. The molecular weight excluding hydrogens is 653 g/mol. The third-order valence-electron chi connectivity index (χ3n) is 10.9. The topological polar surface area (TPSA) is 6.48 Å². The first-order chi connectivity index (χ1) is 26.4. The van der Waals surface area contributed by atoms with Gasteiger partial charge in [-0.2, -0.15) is 0 Å². The monoisotopic (exact) mass is 696 g/mol. The van der Waals surface area contributed by atoms with E-state index in [1.54, 1.807) is 0 Å². The van der Waals surface area contributed by atoms with Crippen LogP contribution in [0.1, 0.15) is 39.8 Å². The van der Waals surface area contributed by atoms with Crippen molar-refractivity contribution in [1.82, 2.24) is 0 Å². The molecule has 0 aromatic heterocycles. The highest BCUT2D eigenvalue weighted by Gasteiger charge is 2.26. The Balaban J connectivity index is 1.41. The van der Waals surface area contributed by atoms with E-state index in [0.29, 0.717) is 0 Å². The number of fused-ring (bicyclic) bond motifs is 3. The van der Waals surface area contributed by atoms with E-state index < -0.39 is 0 Å². The summed E-state index contributed by atoms with van der Waals surface area (Å²) in [5.41, 5.74) is 17.0. The first kappa shape index (κ1) is 33.5. The summed E-state index contributed by atoms with van der Waals surface area (Å²) in [5.74, 6) is 0. The summed E-state index contributed by atoms with van der Waals surface area (Å²) in [6.07, 6.45) is 6.79. The molecule has 9 rings (SSSR count). The van der Waals surface area contributed by atoms with Gasteiger partial charge in [0.1, 0.15) is 0 Å². The molecule has 54 heavy (non-hydrogen) atoms. The number of hydrogen-bond acceptors (Lipinski definition) is 2. The summed E-state index contributed by atoms with van der Waals surface area (Å²) in [4.78, 5) is 4.92. The van der Waals surface area contributed by atoms with Gasteiger partial charge in [-0.3, -0.25) is 0 Å². The third kappa shape index (κ3) is 6.14. The molecule has 1 aliphatic carbocycles. The van der Waals surface area contributed by atoms with Gasteiger partial charge in [-0.05, 0) is 123 Å². The molecule has 2 nitrogen and oxygen atoms in total. The minimum Gasteiger partial charge on any atom is -0.309 e. The molecule has 0 spiro atoms. The lowest BCUT2D eigenvalue weighted by atomic mass is 9.90. The van der Waals surface area contributed by atoms with E-state index in [4.69, 9.17) is 0 Å². The van der Waals surface area contributed by atoms with Crippen LogP contribution in [0.5, 0.6) is 0 Å². The SMILES string of the molecule is Cc1ccc(N(c2ccc(C)cc2)c2c3ccccc3c(N(c3ccc(C)cc3)c3ccc(C)cc3)c3cc(-c4ccc5c(c4)C=CCC5)ccc23)cc1. The quantitative estimate of drug-likeness (QED) is 0.121. The largest absolute Gasteiger partial charge is 0.309 e. The normalized spacial score (nSPS) is 12.2. The van der Waals surface area contributed by atoms with Crippen LogP contribution in [0.4, 0.5) is 34.1 Å². The summed E-state index contributed by atoms with van der Waals surface area (Å²) in [5, 5.41) is 4.77. The van der Waals surface area contributed by atoms with Crippen LogP contribution in [-0.2, 0) is 6.42 Å². The van der Waals surface area contributed by atoms with Crippen molar-refractivity contribution in [3.8, 4) is 11.1 Å². The van der Waals surface area contributed by atoms with E-state index in [2.05, 4.69) is 207 Å². The standard InChI is InChI=1S/C52H44N2/c1-35-13-24-43(25-14-35)53(44-26-15-36(2)16-27-44)51-47-11-7-8-12-48(47)52(54(45-28-17-37(3)18-29-45)46-30-19-38(4)20-31-46)50-34-42(23-32-49(50)51)41-22-21-39-9-5-6-10-40(39)33-41/h6-8,10-34H,5,9H2,1-4H3. The molecule has 0 unspecified atom stereocenters. The third-order valence-corrected chi connectivity index (χ3v) is 10.9. The highest BCUT2D eigenvalue weighted by Crippen LogP contribution is 2.51. The number of aryl methyl sites for hydroxylation is 5. The van der Waals surface area contributed by atoms with Crippen LogP contribution in [-0.4, -0.2) is 0 Å². The van der Waals surface area contributed by atoms with Crippen LogP contribution in [0.25, 0.3) is 38.7 Å². The Morgan fingerprint density at radius 3 is 1.28 bits per heavy atom. The maximum atomic E-state index is 2.47. The molecule has 0 radical (unpaired) electrons. The Hall–Kier alpha value is -6.38. The van der Waals surface area contributed by atoms with Crippen LogP contribution < -0.4 is 9.80 Å². The summed E-state index contributed by atoms with van der Waals surface area (Å²) < 4.78 is 0. The lowest BCUT2D eigenvalue weighted by Crippen LogP contribution is -2.14. The molecule has 0 bridgehead atoms. The van der Waals surface area contributed by atoms with E-state index in [9.17, 15) is 0 Å². The minimum atomic E-state index is 1.10. The molecule has 8 aromatic rings. The maximum absolute atomic E-state index is 2.47. The fourth-order valence-electron chi connectivity index (χ4n) is 7.99. The molecule has 0 saturated carbocycles. The Bertz CT molecular complexity index is 2570. The van der Waals surface area contributed by atoms with Crippen molar-refractivity contribution in [1.29, 1.82) is 0 Å². The molecule has 0 N–H and O–H groups in total. The van der Waals surface area contributed by atoms with Crippen molar-refractivity contribution in [2.75, 3.05) is 9.80 Å². The van der Waals surface area contributed by atoms with E-state index >= 15 is 0 Å². The molecule has 1 aliphatic rings. The van der Waals surface area contributed by atoms with Gasteiger partial charge in [-0.1, -0.05) is 131 Å². The van der Waals surface area contributed by atoms with Crippen molar-refractivity contribution < 1.29 is 0 Å². The average Bonchev–Trinajstić information content (AvgIpc) is 3.21. The number of allylic oxidation sites excluding steroid dienone is 1. The second-order valence-electron chi connectivity index (χ2n) is 14.9. The lowest BCUT2D eigenvalue weighted by Gasteiger charge is -2.33. The average molecular weight is 697 g/mol. The predicted molar refractivity (Wildman–Crippen MR) is 233 cm³/mol. The van der Waals surface area contributed by atoms with Crippen molar-refractivity contribution in [3.63, 3.8) is 0 Å². The van der Waals surface area contributed by atoms with Gasteiger partial charge < -0.3 is 9.80 Å². The summed E-state index contributed by atoms with van der Waals surface area (Å²) in [6, 6.07) is 58.9. The van der Waals surface area contributed by atoms with E-state index in [1.165, 1.54) is 77.4 Å². The van der Waals surface area contributed by atoms with Gasteiger partial charge >= 0.3 is 0 Å². The Labute approximate surface area is 319 Å². The van der Waals surface area contributed by atoms with Gasteiger partial charge in [0.15, 0.2) is 0 Å². The molecule has 0 atom stereocenters. The van der Waals surface area contributed by atoms with Gasteiger partial charge in [-0.15, -0.1) is 0 Å². The smallest absolute Gasteiger partial charge is 0.0620 e. The molecule has 2 heteroatoms. The zero-order valence-corrected chi connectivity index (χ0v) is 31.5. The minimum absolute atomic E-state index is 1.10. The lowest BCUT2D eigenvalue weighted by molar-refractivity contribution is 0.986. The molecule has 0 amide bonds. The van der Waals surface area contributed by atoms with E-state index in [1.807, 2.05) is 0 Å². The van der Waals surface area contributed by atoms with Crippen molar-refractivity contribution in [3.05, 3.63) is 197 Å². The Morgan fingerprint density at radius 2 is 0.796 bits per heavy atom. The van der Waals surface area contributed by atoms with Gasteiger partial charge in [0.25, 0.3) is 0 Å². The maximum Gasteiger partial charge on any atom is 0.0620 e. The van der Waals surface area contributed by atoms with Crippen molar-refractivity contribution in [2.45, 2.75) is 40.5 Å². The summed E-state index contributed by atoms with van der Waals surface area (Å²) in [7, 11) is 0. The highest BCUT2D eigenvalue weighted by molar-refractivity contribution is 6.23. The zero-order chi connectivity index (χ0) is 36.8. The van der Waals surface area contributed by atoms with Crippen LogP contribution in [0.15, 0.2) is 164 Å². The van der Waals surface area contributed by atoms with Crippen LogP contribution in [0, 0.1) is 27.7 Å². The van der Waals surface area contributed by atoms with Gasteiger partial charge in [-0.25, -0.2) is 0 Å². The van der Waals surface area contributed by atoms with Crippen LogP contribution in [0.2, 0.25) is 0 Å². The number of hydrogen-bond donors (Lipinski definition) is 0. The Kier molecular flexibility index (Phi) is 8.60. The molecule has 0 saturated heterocycles. The zero-order valence-electron chi connectivity index (χ0n) is 31.5. The highest BCUT2D eigenvalue weighted by atomic mass is 15.2. The molecular formula is C52H44N2. The number of anilines is 6. The van der Waals surface area contributed by atoms with E-state index in [-0.39, 0.29) is 0 Å². The second-order valence-corrected chi connectivity index (χ2v) is 14.9. The van der Waals surface area contributed by atoms with Gasteiger partial charge in [0, 0.05) is 44.3 Å². The summed E-state index contributed by atoms with van der Waals surface area (Å²) in [6.45, 7) is 8.62. The number of benzene rings is 8.